The summed E-state index contributed by atoms with van der Waals surface area (Å²) < 4.78 is 5.38. The van der Waals surface area contributed by atoms with Crippen LogP contribution in [0.2, 0.25) is 0 Å². The molecule has 2 aromatic heterocycles. The van der Waals surface area contributed by atoms with Gasteiger partial charge in [0.2, 0.25) is 0 Å². The van der Waals surface area contributed by atoms with E-state index in [0.29, 0.717) is 11.7 Å². The molecule has 0 bridgehead atoms. The van der Waals surface area contributed by atoms with Crippen LogP contribution in [0.25, 0.3) is 11.0 Å². The largest absolute Gasteiger partial charge is 0.464 e. The molecule has 0 aliphatic heterocycles. The van der Waals surface area contributed by atoms with E-state index in [0.717, 1.165) is 48.9 Å². The SMILES string of the molecule is N#Cc1ccc2c(n1)CCCC2NCCc1ccc2occc2c1. The Morgan fingerprint density at radius 1 is 1.25 bits per heavy atom. The van der Waals surface area contributed by atoms with Crippen molar-refractivity contribution < 1.29 is 4.42 Å². The quantitative estimate of drug-likeness (QED) is 0.792. The Kier molecular flexibility index (Phi) is 4.02. The molecule has 1 aromatic carbocycles. The van der Waals surface area contributed by atoms with E-state index in [2.05, 4.69) is 34.6 Å². The maximum Gasteiger partial charge on any atom is 0.140 e. The number of nitrogens with one attached hydrogen (secondary N) is 1. The lowest BCUT2D eigenvalue weighted by atomic mass is 9.91. The molecule has 0 saturated heterocycles. The average molecular weight is 317 g/mol. The molecule has 1 N–H and O–H groups in total. The fourth-order valence-electron chi connectivity index (χ4n) is 3.50. The van der Waals surface area contributed by atoms with Crippen LogP contribution in [0.15, 0.2) is 47.1 Å². The van der Waals surface area contributed by atoms with Gasteiger partial charge in [-0.15, -0.1) is 0 Å². The maximum absolute atomic E-state index is 9.00. The van der Waals surface area contributed by atoms with Crippen molar-refractivity contribution in [1.82, 2.24) is 10.3 Å². The van der Waals surface area contributed by atoms with Gasteiger partial charge >= 0.3 is 0 Å². The number of hydrogen-bond acceptors (Lipinski definition) is 4. The van der Waals surface area contributed by atoms with Gasteiger partial charge in [-0.25, -0.2) is 4.98 Å². The lowest BCUT2D eigenvalue weighted by Gasteiger charge is -2.25. The predicted molar refractivity (Wildman–Crippen MR) is 92.6 cm³/mol. The van der Waals surface area contributed by atoms with Crippen molar-refractivity contribution in [3.8, 4) is 6.07 Å². The van der Waals surface area contributed by atoms with Crippen LogP contribution in [0.3, 0.4) is 0 Å². The molecule has 0 radical (unpaired) electrons. The second-order valence-electron chi connectivity index (χ2n) is 6.29. The van der Waals surface area contributed by atoms with Crippen molar-refractivity contribution in [3.63, 3.8) is 0 Å². The highest BCUT2D eigenvalue weighted by Crippen LogP contribution is 2.28. The molecule has 4 nitrogen and oxygen atoms in total. The Morgan fingerprint density at radius 2 is 2.21 bits per heavy atom. The number of aromatic nitrogens is 1. The van der Waals surface area contributed by atoms with Crippen LogP contribution in [-0.4, -0.2) is 11.5 Å². The average Bonchev–Trinajstić information content (AvgIpc) is 3.09. The highest BCUT2D eigenvalue weighted by Gasteiger charge is 2.20. The van der Waals surface area contributed by atoms with Crippen molar-refractivity contribution >= 4 is 11.0 Å². The molecule has 1 aliphatic rings. The first kappa shape index (κ1) is 14.9. The van der Waals surface area contributed by atoms with E-state index in [1.54, 1.807) is 6.26 Å². The van der Waals surface area contributed by atoms with Crippen LogP contribution in [0.5, 0.6) is 0 Å². The molecule has 0 saturated carbocycles. The Hall–Kier alpha value is -2.64. The summed E-state index contributed by atoms with van der Waals surface area (Å²) in [5.41, 5.74) is 5.10. The lowest BCUT2D eigenvalue weighted by molar-refractivity contribution is 0.457. The molecule has 0 amide bonds. The molecule has 0 fully saturated rings. The second-order valence-corrected chi connectivity index (χ2v) is 6.29. The van der Waals surface area contributed by atoms with E-state index in [-0.39, 0.29) is 0 Å². The van der Waals surface area contributed by atoms with Gasteiger partial charge in [0.15, 0.2) is 0 Å². The van der Waals surface area contributed by atoms with Gasteiger partial charge in [0, 0.05) is 17.1 Å². The Labute approximate surface area is 141 Å². The molecule has 1 atom stereocenters. The summed E-state index contributed by atoms with van der Waals surface area (Å²) in [6.45, 7) is 0.924. The summed E-state index contributed by atoms with van der Waals surface area (Å²) in [5.74, 6) is 0. The minimum atomic E-state index is 0.339. The number of pyridine rings is 1. The molecule has 3 aromatic rings. The van der Waals surface area contributed by atoms with E-state index in [4.69, 9.17) is 9.68 Å². The summed E-state index contributed by atoms with van der Waals surface area (Å²) in [7, 11) is 0. The number of aryl methyl sites for hydroxylation is 1. The minimum Gasteiger partial charge on any atom is -0.464 e. The molecule has 2 heterocycles. The molecule has 4 rings (SSSR count). The zero-order chi connectivity index (χ0) is 16.4. The van der Waals surface area contributed by atoms with E-state index in [1.807, 2.05) is 18.2 Å². The molecule has 24 heavy (non-hydrogen) atoms. The normalized spacial score (nSPS) is 16.7. The van der Waals surface area contributed by atoms with Crippen LogP contribution < -0.4 is 5.32 Å². The molecule has 1 unspecified atom stereocenters. The van der Waals surface area contributed by atoms with Crippen molar-refractivity contribution in [2.24, 2.45) is 0 Å². The topological polar surface area (TPSA) is 61.9 Å². The molecular weight excluding hydrogens is 298 g/mol. The minimum absolute atomic E-state index is 0.339. The van der Waals surface area contributed by atoms with Crippen LogP contribution in [0.4, 0.5) is 0 Å². The van der Waals surface area contributed by atoms with E-state index < -0.39 is 0 Å². The maximum atomic E-state index is 9.00. The molecule has 0 spiro atoms. The van der Waals surface area contributed by atoms with E-state index in [9.17, 15) is 0 Å². The van der Waals surface area contributed by atoms with Gasteiger partial charge in [-0.2, -0.15) is 5.26 Å². The fourth-order valence-corrected chi connectivity index (χ4v) is 3.50. The van der Waals surface area contributed by atoms with Gasteiger partial charge in [0.05, 0.1) is 6.26 Å². The summed E-state index contributed by atoms with van der Waals surface area (Å²) >= 11 is 0. The third-order valence-corrected chi connectivity index (χ3v) is 4.73. The van der Waals surface area contributed by atoms with Crippen molar-refractivity contribution in [2.45, 2.75) is 31.7 Å². The van der Waals surface area contributed by atoms with Gasteiger partial charge in [-0.05, 0) is 67.6 Å². The highest BCUT2D eigenvalue weighted by atomic mass is 16.3. The Morgan fingerprint density at radius 3 is 3.12 bits per heavy atom. The van der Waals surface area contributed by atoms with E-state index >= 15 is 0 Å². The number of hydrogen-bond donors (Lipinski definition) is 1. The molecule has 1 aliphatic carbocycles. The molecule has 4 heteroatoms. The first-order valence-electron chi connectivity index (χ1n) is 8.43. The number of nitrogens with zero attached hydrogens (tertiary/aromatic N) is 2. The van der Waals surface area contributed by atoms with Gasteiger partial charge < -0.3 is 9.73 Å². The van der Waals surface area contributed by atoms with Crippen LogP contribution >= 0.6 is 0 Å². The van der Waals surface area contributed by atoms with Crippen LogP contribution in [-0.2, 0) is 12.8 Å². The first-order chi connectivity index (χ1) is 11.8. The van der Waals surface area contributed by atoms with E-state index in [1.165, 1.54) is 11.1 Å². The summed E-state index contributed by atoms with van der Waals surface area (Å²) in [6.07, 6.45) is 5.93. The number of benzene rings is 1. The molecular formula is C20H19N3O. The lowest BCUT2D eigenvalue weighted by Crippen LogP contribution is -2.27. The summed E-state index contributed by atoms with van der Waals surface area (Å²) in [6, 6.07) is 14.7. The predicted octanol–water partition coefficient (Wildman–Crippen LogP) is 3.91. The van der Waals surface area contributed by atoms with Gasteiger partial charge in [-0.1, -0.05) is 12.1 Å². The Balaban J connectivity index is 1.42. The third-order valence-electron chi connectivity index (χ3n) is 4.73. The van der Waals surface area contributed by atoms with Gasteiger partial charge in [0.25, 0.3) is 0 Å². The Bertz CT molecular complexity index is 907. The summed E-state index contributed by atoms with van der Waals surface area (Å²) in [4.78, 5) is 4.46. The van der Waals surface area contributed by atoms with Crippen molar-refractivity contribution in [1.29, 1.82) is 5.26 Å². The van der Waals surface area contributed by atoms with Crippen molar-refractivity contribution in [2.75, 3.05) is 6.54 Å². The molecule has 120 valence electrons. The van der Waals surface area contributed by atoms with Crippen LogP contribution in [0, 0.1) is 11.3 Å². The standard InChI is InChI=1S/C20H19N3O/c21-13-16-5-6-17-18(2-1-3-19(17)23-16)22-10-8-14-4-7-20-15(12-14)9-11-24-20/h4-7,9,11-12,18,22H,1-3,8,10H2. The number of nitriles is 1. The van der Waals surface area contributed by atoms with Gasteiger partial charge in [-0.3, -0.25) is 0 Å². The highest BCUT2D eigenvalue weighted by molar-refractivity contribution is 5.77. The summed E-state index contributed by atoms with van der Waals surface area (Å²) in [5, 5.41) is 13.8. The first-order valence-corrected chi connectivity index (χ1v) is 8.43. The second kappa shape index (κ2) is 6.46. The monoisotopic (exact) mass is 317 g/mol. The zero-order valence-electron chi connectivity index (χ0n) is 13.5. The number of furan rings is 1. The van der Waals surface area contributed by atoms with Gasteiger partial charge in [0.1, 0.15) is 17.3 Å². The smallest absolute Gasteiger partial charge is 0.140 e. The van der Waals surface area contributed by atoms with Crippen LogP contribution in [0.1, 0.15) is 41.4 Å². The number of fused-ring (bicyclic) bond motifs is 2. The van der Waals surface area contributed by atoms with Crippen molar-refractivity contribution in [3.05, 3.63) is 65.2 Å². The fraction of sp³-hybridized carbons (Fsp3) is 0.300. The number of rotatable bonds is 4. The zero-order valence-corrected chi connectivity index (χ0v) is 13.5. The third kappa shape index (κ3) is 2.91.